The predicted octanol–water partition coefficient (Wildman–Crippen LogP) is 2.79. The van der Waals surface area contributed by atoms with Crippen LogP contribution in [0.1, 0.15) is 18.9 Å². The molecule has 1 aliphatic rings. The number of hydrogen-bond donors (Lipinski definition) is 2. The molecule has 3 rings (SSSR count). The van der Waals surface area contributed by atoms with Crippen molar-refractivity contribution < 1.29 is 23.9 Å². The number of urea groups is 1. The fourth-order valence-corrected chi connectivity index (χ4v) is 3.46. The standard InChI is InChI=1S/C23H26ClN3O5/c1-23(12-11-16-3-7-18(31-2)8-4-16)21(29)27(22(30)26-23)15-20(28)25-13-14-32-19-9-5-17(24)6-10-19/h3-10H,11-15H2,1-2H3,(H,25,28)(H,26,30)/t23-/m0/s1. The summed E-state index contributed by atoms with van der Waals surface area (Å²) in [5.74, 6) is 0.530. The van der Waals surface area contributed by atoms with E-state index in [0.717, 1.165) is 16.2 Å². The molecule has 0 saturated carbocycles. The van der Waals surface area contributed by atoms with Crippen molar-refractivity contribution in [3.8, 4) is 11.5 Å². The molecule has 0 aliphatic carbocycles. The van der Waals surface area contributed by atoms with E-state index < -0.39 is 23.4 Å². The number of aryl methyl sites for hydroxylation is 1. The SMILES string of the molecule is COc1ccc(CC[C@]2(C)NC(=O)N(CC(=O)NCCOc3ccc(Cl)cc3)C2=O)cc1. The third kappa shape index (κ3) is 5.91. The largest absolute Gasteiger partial charge is 0.497 e. The molecule has 32 heavy (non-hydrogen) atoms. The number of nitrogens with one attached hydrogen (secondary N) is 2. The summed E-state index contributed by atoms with van der Waals surface area (Å²) in [5, 5.41) is 5.98. The molecule has 170 valence electrons. The van der Waals surface area contributed by atoms with Crippen LogP contribution in [0.2, 0.25) is 5.02 Å². The maximum atomic E-state index is 12.8. The second-order valence-corrected chi connectivity index (χ2v) is 8.09. The number of methoxy groups -OCH3 is 1. The molecule has 0 bridgehead atoms. The van der Waals surface area contributed by atoms with Crippen LogP contribution in [-0.2, 0) is 16.0 Å². The Morgan fingerprint density at radius 3 is 2.41 bits per heavy atom. The third-order valence-corrected chi connectivity index (χ3v) is 5.48. The molecule has 1 aliphatic heterocycles. The van der Waals surface area contributed by atoms with Crippen molar-refractivity contribution in [1.29, 1.82) is 0 Å². The first-order valence-electron chi connectivity index (χ1n) is 10.2. The molecule has 2 aromatic carbocycles. The number of carbonyl (C=O) groups excluding carboxylic acids is 3. The minimum absolute atomic E-state index is 0.236. The summed E-state index contributed by atoms with van der Waals surface area (Å²) in [4.78, 5) is 38.4. The van der Waals surface area contributed by atoms with Gasteiger partial charge in [-0.05, 0) is 61.7 Å². The van der Waals surface area contributed by atoms with Crippen LogP contribution in [0.4, 0.5) is 4.79 Å². The van der Waals surface area contributed by atoms with Gasteiger partial charge in [0, 0.05) is 5.02 Å². The van der Waals surface area contributed by atoms with Gasteiger partial charge in [-0.2, -0.15) is 0 Å². The third-order valence-electron chi connectivity index (χ3n) is 5.23. The lowest BCUT2D eigenvalue weighted by molar-refractivity contribution is -0.134. The molecule has 2 N–H and O–H groups in total. The molecular weight excluding hydrogens is 434 g/mol. The van der Waals surface area contributed by atoms with Gasteiger partial charge in [-0.15, -0.1) is 0 Å². The normalized spacial score (nSPS) is 17.8. The van der Waals surface area contributed by atoms with Gasteiger partial charge < -0.3 is 20.1 Å². The van der Waals surface area contributed by atoms with E-state index in [1.807, 2.05) is 24.3 Å². The van der Waals surface area contributed by atoms with Crippen molar-refractivity contribution in [2.75, 3.05) is 26.8 Å². The van der Waals surface area contributed by atoms with E-state index in [0.29, 0.717) is 23.6 Å². The van der Waals surface area contributed by atoms with Crippen LogP contribution in [0, 0.1) is 0 Å². The fraction of sp³-hybridized carbons (Fsp3) is 0.348. The molecular formula is C23H26ClN3O5. The summed E-state index contributed by atoms with van der Waals surface area (Å²) in [6.07, 6.45) is 1.01. The molecule has 2 aromatic rings. The number of ether oxygens (including phenoxy) is 2. The van der Waals surface area contributed by atoms with Crippen LogP contribution in [0.5, 0.6) is 11.5 Å². The lowest BCUT2D eigenvalue weighted by atomic mass is 9.93. The Labute approximate surface area is 191 Å². The van der Waals surface area contributed by atoms with Crippen molar-refractivity contribution in [2.45, 2.75) is 25.3 Å². The van der Waals surface area contributed by atoms with E-state index in [1.165, 1.54) is 0 Å². The number of halogens is 1. The molecule has 0 aromatic heterocycles. The van der Waals surface area contributed by atoms with Gasteiger partial charge in [0.05, 0.1) is 13.7 Å². The highest BCUT2D eigenvalue weighted by Crippen LogP contribution is 2.24. The van der Waals surface area contributed by atoms with Gasteiger partial charge in [-0.25, -0.2) is 4.79 Å². The van der Waals surface area contributed by atoms with Gasteiger partial charge in [0.15, 0.2) is 0 Å². The molecule has 8 nitrogen and oxygen atoms in total. The Morgan fingerprint density at radius 1 is 1.09 bits per heavy atom. The van der Waals surface area contributed by atoms with Gasteiger partial charge in [-0.3, -0.25) is 14.5 Å². The van der Waals surface area contributed by atoms with Crippen molar-refractivity contribution in [3.63, 3.8) is 0 Å². The smallest absolute Gasteiger partial charge is 0.325 e. The topological polar surface area (TPSA) is 97.0 Å². The lowest BCUT2D eigenvalue weighted by Crippen LogP contribution is -2.45. The summed E-state index contributed by atoms with van der Waals surface area (Å²) in [6, 6.07) is 13.8. The van der Waals surface area contributed by atoms with Crippen molar-refractivity contribution in [2.24, 2.45) is 0 Å². The maximum Gasteiger partial charge on any atom is 0.325 e. The van der Waals surface area contributed by atoms with E-state index in [-0.39, 0.29) is 19.7 Å². The highest BCUT2D eigenvalue weighted by Gasteiger charge is 2.47. The zero-order valence-corrected chi connectivity index (χ0v) is 18.8. The Morgan fingerprint density at radius 2 is 1.75 bits per heavy atom. The Kier molecular flexibility index (Phi) is 7.58. The minimum atomic E-state index is -1.06. The van der Waals surface area contributed by atoms with Crippen LogP contribution in [0.25, 0.3) is 0 Å². The summed E-state index contributed by atoms with van der Waals surface area (Å²) < 4.78 is 10.6. The highest BCUT2D eigenvalue weighted by atomic mass is 35.5. The van der Waals surface area contributed by atoms with Crippen LogP contribution >= 0.6 is 11.6 Å². The van der Waals surface area contributed by atoms with Gasteiger partial charge in [0.25, 0.3) is 5.91 Å². The number of benzene rings is 2. The Hall–Kier alpha value is -3.26. The number of nitrogens with zero attached hydrogens (tertiary/aromatic N) is 1. The highest BCUT2D eigenvalue weighted by molar-refractivity contribution is 6.30. The number of imide groups is 1. The summed E-state index contributed by atoms with van der Waals surface area (Å²) in [6.45, 7) is 1.81. The van der Waals surface area contributed by atoms with Gasteiger partial charge in [0.1, 0.15) is 30.2 Å². The molecule has 1 fully saturated rings. The molecule has 1 atom stereocenters. The van der Waals surface area contributed by atoms with Crippen LogP contribution < -0.4 is 20.1 Å². The number of hydrogen-bond acceptors (Lipinski definition) is 5. The monoisotopic (exact) mass is 459 g/mol. The maximum absolute atomic E-state index is 12.8. The Balaban J connectivity index is 1.45. The molecule has 0 spiro atoms. The number of rotatable bonds is 10. The van der Waals surface area contributed by atoms with Crippen molar-refractivity contribution in [3.05, 3.63) is 59.1 Å². The van der Waals surface area contributed by atoms with E-state index in [9.17, 15) is 14.4 Å². The van der Waals surface area contributed by atoms with E-state index in [2.05, 4.69) is 10.6 Å². The zero-order chi connectivity index (χ0) is 23.1. The molecule has 0 radical (unpaired) electrons. The van der Waals surface area contributed by atoms with Crippen LogP contribution in [0.15, 0.2) is 48.5 Å². The average molecular weight is 460 g/mol. The first-order chi connectivity index (χ1) is 15.3. The predicted molar refractivity (Wildman–Crippen MR) is 120 cm³/mol. The molecule has 1 heterocycles. The van der Waals surface area contributed by atoms with Gasteiger partial charge in [0.2, 0.25) is 5.91 Å². The van der Waals surface area contributed by atoms with E-state index >= 15 is 0 Å². The van der Waals surface area contributed by atoms with Gasteiger partial charge >= 0.3 is 6.03 Å². The lowest BCUT2D eigenvalue weighted by Gasteiger charge is -2.21. The summed E-state index contributed by atoms with van der Waals surface area (Å²) in [5.41, 5.74) is -0.0411. The average Bonchev–Trinajstić information content (AvgIpc) is 3.00. The minimum Gasteiger partial charge on any atom is -0.497 e. The molecule has 0 unspecified atom stereocenters. The van der Waals surface area contributed by atoms with E-state index in [1.54, 1.807) is 38.3 Å². The second-order valence-electron chi connectivity index (χ2n) is 7.65. The van der Waals surface area contributed by atoms with Crippen LogP contribution in [0.3, 0.4) is 0 Å². The van der Waals surface area contributed by atoms with Crippen LogP contribution in [-0.4, -0.2) is 55.1 Å². The first kappa shape index (κ1) is 23.4. The van der Waals surface area contributed by atoms with Crippen molar-refractivity contribution in [1.82, 2.24) is 15.5 Å². The zero-order valence-electron chi connectivity index (χ0n) is 18.0. The second kappa shape index (κ2) is 10.4. The number of carbonyl (C=O) groups is 3. The molecule has 9 heteroatoms. The summed E-state index contributed by atoms with van der Waals surface area (Å²) >= 11 is 5.82. The van der Waals surface area contributed by atoms with E-state index in [4.69, 9.17) is 21.1 Å². The first-order valence-corrected chi connectivity index (χ1v) is 10.6. The number of amides is 4. The Bertz CT molecular complexity index is 965. The quantitative estimate of drug-likeness (QED) is 0.420. The van der Waals surface area contributed by atoms with Crippen molar-refractivity contribution >= 4 is 29.4 Å². The molecule has 4 amide bonds. The fourth-order valence-electron chi connectivity index (χ4n) is 3.34. The molecule has 1 saturated heterocycles. The summed E-state index contributed by atoms with van der Waals surface area (Å²) in [7, 11) is 1.60. The van der Waals surface area contributed by atoms with Gasteiger partial charge in [-0.1, -0.05) is 23.7 Å².